The number of hydrogen-bond acceptors (Lipinski definition) is 3. The summed E-state index contributed by atoms with van der Waals surface area (Å²) in [6, 6.07) is 17.9. The van der Waals surface area contributed by atoms with Gasteiger partial charge in [-0.25, -0.2) is 0 Å². The van der Waals surface area contributed by atoms with E-state index in [2.05, 4.69) is 42.2 Å². The second kappa shape index (κ2) is 10.7. The molecule has 0 radical (unpaired) electrons. The normalized spacial score (nSPS) is 17.9. The predicted molar refractivity (Wildman–Crippen MR) is 113 cm³/mol. The number of aliphatic hydroxyl groups is 1. The van der Waals surface area contributed by atoms with E-state index in [1.807, 2.05) is 12.1 Å². The van der Waals surface area contributed by atoms with Crippen molar-refractivity contribution in [2.24, 2.45) is 5.92 Å². The summed E-state index contributed by atoms with van der Waals surface area (Å²) in [6.45, 7) is 4.29. The third-order valence-corrected chi connectivity index (χ3v) is 5.67. The molecule has 1 heterocycles. The molecule has 4 heteroatoms. The Kier molecular flexibility index (Phi) is 8.62. The van der Waals surface area contributed by atoms with Gasteiger partial charge in [-0.05, 0) is 68.0 Å². The van der Waals surface area contributed by atoms with Crippen molar-refractivity contribution in [2.45, 2.75) is 51.2 Å². The van der Waals surface area contributed by atoms with Crippen LogP contribution in [0.5, 0.6) is 5.75 Å². The van der Waals surface area contributed by atoms with Gasteiger partial charge in [-0.3, -0.25) is 4.90 Å². The van der Waals surface area contributed by atoms with Crippen LogP contribution >= 0.6 is 12.4 Å². The summed E-state index contributed by atoms with van der Waals surface area (Å²) >= 11 is 0. The van der Waals surface area contributed by atoms with Crippen LogP contribution in [0, 0.1) is 5.92 Å². The predicted octanol–water partition coefficient (Wildman–Crippen LogP) is 4.97. The standard InChI is InChI=1S/C23H31NO2.ClH/c1-2-6-22(23(26)20-9-11-21(25)12-10-20)24-15-13-19(14-16-24)17-18-7-4-3-5-8-18;/h3-5,7-12,19,22-23,25-26H,2,6,13-17H2,1H3;1H. The van der Waals surface area contributed by atoms with Gasteiger partial charge in [0, 0.05) is 6.04 Å². The summed E-state index contributed by atoms with van der Waals surface area (Å²) in [5.74, 6) is 0.983. The summed E-state index contributed by atoms with van der Waals surface area (Å²) in [6.07, 6.45) is 5.10. The molecule has 2 aromatic rings. The number of likely N-dealkylation sites (tertiary alicyclic amines) is 1. The van der Waals surface area contributed by atoms with Gasteiger partial charge in [0.2, 0.25) is 0 Å². The highest BCUT2D eigenvalue weighted by molar-refractivity contribution is 5.85. The summed E-state index contributed by atoms with van der Waals surface area (Å²) in [7, 11) is 0. The lowest BCUT2D eigenvalue weighted by Gasteiger charge is -2.40. The number of benzene rings is 2. The summed E-state index contributed by atoms with van der Waals surface area (Å²) in [4.78, 5) is 2.47. The molecule has 0 saturated carbocycles. The second-order valence-electron chi connectivity index (χ2n) is 7.56. The van der Waals surface area contributed by atoms with Crippen LogP contribution in [0.2, 0.25) is 0 Å². The maximum Gasteiger partial charge on any atom is 0.115 e. The van der Waals surface area contributed by atoms with Gasteiger partial charge in [-0.1, -0.05) is 55.8 Å². The molecule has 2 N–H and O–H groups in total. The van der Waals surface area contributed by atoms with Crippen molar-refractivity contribution < 1.29 is 10.2 Å². The highest BCUT2D eigenvalue weighted by atomic mass is 35.5. The molecule has 2 unspecified atom stereocenters. The number of nitrogens with zero attached hydrogens (tertiary/aromatic N) is 1. The van der Waals surface area contributed by atoms with E-state index in [4.69, 9.17) is 0 Å². The molecule has 0 aliphatic carbocycles. The van der Waals surface area contributed by atoms with Crippen LogP contribution in [0.25, 0.3) is 0 Å². The van der Waals surface area contributed by atoms with E-state index in [1.54, 1.807) is 12.1 Å². The van der Waals surface area contributed by atoms with Crippen LogP contribution in [0.4, 0.5) is 0 Å². The topological polar surface area (TPSA) is 43.7 Å². The lowest BCUT2D eigenvalue weighted by atomic mass is 9.88. The largest absolute Gasteiger partial charge is 0.508 e. The highest BCUT2D eigenvalue weighted by Gasteiger charge is 2.30. The van der Waals surface area contributed by atoms with E-state index in [1.165, 1.54) is 18.4 Å². The van der Waals surface area contributed by atoms with E-state index >= 15 is 0 Å². The smallest absolute Gasteiger partial charge is 0.115 e. The fourth-order valence-electron chi connectivity index (χ4n) is 4.17. The van der Waals surface area contributed by atoms with Crippen molar-refractivity contribution in [3.05, 3.63) is 65.7 Å². The molecule has 3 nitrogen and oxygen atoms in total. The van der Waals surface area contributed by atoms with Crippen LogP contribution in [0.15, 0.2) is 54.6 Å². The number of halogens is 1. The molecule has 27 heavy (non-hydrogen) atoms. The summed E-state index contributed by atoms with van der Waals surface area (Å²) in [5.41, 5.74) is 2.33. The third kappa shape index (κ3) is 5.97. The van der Waals surface area contributed by atoms with Crippen molar-refractivity contribution in [1.82, 2.24) is 4.90 Å². The van der Waals surface area contributed by atoms with Gasteiger partial charge in [0.1, 0.15) is 5.75 Å². The molecule has 0 spiro atoms. The van der Waals surface area contributed by atoms with Crippen LogP contribution in [-0.2, 0) is 6.42 Å². The first-order valence-corrected chi connectivity index (χ1v) is 9.92. The Morgan fingerprint density at radius 2 is 1.63 bits per heavy atom. The van der Waals surface area contributed by atoms with Gasteiger partial charge in [0.25, 0.3) is 0 Å². The zero-order valence-corrected chi connectivity index (χ0v) is 16.9. The average molecular weight is 390 g/mol. The number of aromatic hydroxyl groups is 1. The van der Waals surface area contributed by atoms with Gasteiger partial charge >= 0.3 is 0 Å². The third-order valence-electron chi connectivity index (χ3n) is 5.67. The molecule has 0 amide bonds. The lowest BCUT2D eigenvalue weighted by Crippen LogP contribution is -2.44. The number of phenols is 1. The fourth-order valence-corrected chi connectivity index (χ4v) is 4.17. The van der Waals surface area contributed by atoms with Crippen LogP contribution in [0.3, 0.4) is 0 Å². The minimum atomic E-state index is -0.499. The molecular weight excluding hydrogens is 358 g/mol. The summed E-state index contributed by atoms with van der Waals surface area (Å²) < 4.78 is 0. The average Bonchev–Trinajstić information content (AvgIpc) is 2.68. The van der Waals surface area contributed by atoms with E-state index in [0.717, 1.165) is 43.8 Å². The van der Waals surface area contributed by atoms with Crippen LogP contribution in [-0.4, -0.2) is 34.2 Å². The molecule has 148 valence electrons. The Morgan fingerprint density at radius 1 is 1.00 bits per heavy atom. The van der Waals surface area contributed by atoms with Gasteiger partial charge in [0.15, 0.2) is 0 Å². The molecule has 0 bridgehead atoms. The summed E-state index contributed by atoms with van der Waals surface area (Å²) in [5, 5.41) is 20.4. The van der Waals surface area contributed by atoms with Crippen LogP contribution in [0.1, 0.15) is 49.8 Å². The molecule has 2 atom stereocenters. The Bertz CT molecular complexity index is 654. The van der Waals surface area contributed by atoms with Crippen molar-refractivity contribution >= 4 is 12.4 Å². The monoisotopic (exact) mass is 389 g/mol. The Morgan fingerprint density at radius 3 is 2.22 bits per heavy atom. The van der Waals surface area contributed by atoms with Crippen molar-refractivity contribution in [2.75, 3.05) is 13.1 Å². The number of rotatable bonds is 7. The van der Waals surface area contributed by atoms with E-state index < -0.39 is 6.10 Å². The van der Waals surface area contributed by atoms with Crippen molar-refractivity contribution in [1.29, 1.82) is 0 Å². The van der Waals surface area contributed by atoms with Crippen molar-refractivity contribution in [3.8, 4) is 5.75 Å². The van der Waals surface area contributed by atoms with Gasteiger partial charge in [-0.15, -0.1) is 12.4 Å². The Balaban J connectivity index is 0.00000261. The molecule has 1 saturated heterocycles. The maximum atomic E-state index is 10.9. The number of piperidine rings is 1. The molecule has 1 aliphatic rings. The molecule has 1 aliphatic heterocycles. The first-order valence-electron chi connectivity index (χ1n) is 9.92. The van der Waals surface area contributed by atoms with Crippen LogP contribution < -0.4 is 0 Å². The number of hydrogen-bond donors (Lipinski definition) is 2. The minimum Gasteiger partial charge on any atom is -0.508 e. The first kappa shape index (κ1) is 21.7. The Hall–Kier alpha value is -1.55. The molecule has 2 aromatic carbocycles. The number of phenolic OH excluding ortho intramolecular Hbond substituents is 1. The zero-order valence-electron chi connectivity index (χ0n) is 16.1. The minimum absolute atomic E-state index is 0. The van der Waals surface area contributed by atoms with E-state index in [0.29, 0.717) is 0 Å². The van der Waals surface area contributed by atoms with E-state index in [-0.39, 0.29) is 24.2 Å². The fraction of sp³-hybridized carbons (Fsp3) is 0.478. The maximum absolute atomic E-state index is 10.9. The molecule has 3 rings (SSSR count). The van der Waals surface area contributed by atoms with Gasteiger partial charge in [-0.2, -0.15) is 0 Å². The first-order chi connectivity index (χ1) is 12.7. The quantitative estimate of drug-likeness (QED) is 0.702. The zero-order chi connectivity index (χ0) is 18.4. The Labute approximate surface area is 169 Å². The van der Waals surface area contributed by atoms with Gasteiger partial charge in [0.05, 0.1) is 6.10 Å². The highest BCUT2D eigenvalue weighted by Crippen LogP contribution is 2.30. The molecule has 1 fully saturated rings. The van der Waals surface area contributed by atoms with Gasteiger partial charge < -0.3 is 10.2 Å². The van der Waals surface area contributed by atoms with E-state index in [9.17, 15) is 10.2 Å². The molecular formula is C23H32ClNO2. The molecule has 0 aromatic heterocycles. The second-order valence-corrected chi connectivity index (χ2v) is 7.56. The lowest BCUT2D eigenvalue weighted by molar-refractivity contribution is 0.0231. The number of aliphatic hydroxyl groups excluding tert-OH is 1. The SMILES string of the molecule is CCCC(C(O)c1ccc(O)cc1)N1CCC(Cc2ccccc2)CC1.Cl. The van der Waals surface area contributed by atoms with Crippen molar-refractivity contribution in [3.63, 3.8) is 0 Å².